The molecular weight excluding hydrogens is 252 g/mol. The molecule has 0 unspecified atom stereocenters. The molecule has 0 saturated heterocycles. The summed E-state index contributed by atoms with van der Waals surface area (Å²) in [6.07, 6.45) is 10.9. The molecule has 1 aromatic rings. The van der Waals surface area contributed by atoms with Gasteiger partial charge in [0.15, 0.2) is 0 Å². The van der Waals surface area contributed by atoms with Crippen LogP contribution in [0.1, 0.15) is 44.6 Å². The molecular formula is C16H22N2O2. The second-order valence-corrected chi connectivity index (χ2v) is 5.20. The third kappa shape index (κ3) is 3.83. The third-order valence-corrected chi connectivity index (χ3v) is 3.84. The van der Waals surface area contributed by atoms with Crippen LogP contribution in [0.3, 0.4) is 0 Å². The predicted octanol–water partition coefficient (Wildman–Crippen LogP) is 3.34. The van der Waals surface area contributed by atoms with Gasteiger partial charge in [0.25, 0.3) is 0 Å². The molecule has 0 atom stereocenters. The predicted molar refractivity (Wildman–Crippen MR) is 80.8 cm³/mol. The maximum absolute atomic E-state index is 10.5. The molecule has 1 aliphatic rings. The highest BCUT2D eigenvalue weighted by atomic mass is 16.4. The number of carbonyl (C=O) groups is 1. The molecule has 4 nitrogen and oxygen atoms in total. The Bertz CT molecular complexity index is 462. The van der Waals surface area contributed by atoms with E-state index in [-0.39, 0.29) is 0 Å². The summed E-state index contributed by atoms with van der Waals surface area (Å²) < 4.78 is 0. The van der Waals surface area contributed by atoms with Gasteiger partial charge in [-0.25, -0.2) is 9.78 Å². The van der Waals surface area contributed by atoms with Crippen molar-refractivity contribution in [3.8, 4) is 0 Å². The van der Waals surface area contributed by atoms with Crippen LogP contribution in [-0.4, -0.2) is 28.6 Å². The average molecular weight is 274 g/mol. The van der Waals surface area contributed by atoms with Crippen LogP contribution >= 0.6 is 0 Å². The van der Waals surface area contributed by atoms with Crippen LogP contribution in [0.25, 0.3) is 6.08 Å². The van der Waals surface area contributed by atoms with E-state index >= 15 is 0 Å². The Morgan fingerprint density at radius 1 is 1.40 bits per heavy atom. The van der Waals surface area contributed by atoms with Gasteiger partial charge in [-0.1, -0.05) is 19.3 Å². The van der Waals surface area contributed by atoms with E-state index < -0.39 is 5.97 Å². The smallest absolute Gasteiger partial charge is 0.328 e. The molecule has 108 valence electrons. The zero-order chi connectivity index (χ0) is 14.4. The van der Waals surface area contributed by atoms with E-state index in [4.69, 9.17) is 5.11 Å². The molecule has 1 fully saturated rings. The van der Waals surface area contributed by atoms with Crippen LogP contribution in [-0.2, 0) is 4.79 Å². The normalized spacial score (nSPS) is 16.4. The average Bonchev–Trinajstić information content (AvgIpc) is 2.48. The first kappa shape index (κ1) is 14.6. The Labute approximate surface area is 120 Å². The SMILES string of the molecule is CCN(c1ccc(/C=C/C(=O)O)cn1)C1CCCCC1. The minimum atomic E-state index is -0.938. The van der Waals surface area contributed by atoms with Gasteiger partial charge >= 0.3 is 5.97 Å². The lowest BCUT2D eigenvalue weighted by atomic mass is 9.94. The van der Waals surface area contributed by atoms with E-state index in [0.717, 1.165) is 24.0 Å². The molecule has 1 aromatic heterocycles. The van der Waals surface area contributed by atoms with E-state index in [9.17, 15) is 4.79 Å². The van der Waals surface area contributed by atoms with Gasteiger partial charge in [-0.05, 0) is 43.5 Å². The van der Waals surface area contributed by atoms with Crippen LogP contribution in [0.15, 0.2) is 24.4 Å². The summed E-state index contributed by atoms with van der Waals surface area (Å²) in [5.74, 6) is 0.0540. The first-order chi connectivity index (χ1) is 9.70. The van der Waals surface area contributed by atoms with Crippen molar-refractivity contribution in [2.75, 3.05) is 11.4 Å². The summed E-state index contributed by atoms with van der Waals surface area (Å²) in [7, 11) is 0. The van der Waals surface area contributed by atoms with Gasteiger partial charge in [0, 0.05) is 24.9 Å². The topological polar surface area (TPSA) is 53.4 Å². The summed E-state index contributed by atoms with van der Waals surface area (Å²) in [5.41, 5.74) is 0.816. The van der Waals surface area contributed by atoms with Crippen molar-refractivity contribution in [2.24, 2.45) is 0 Å². The van der Waals surface area contributed by atoms with Gasteiger partial charge in [-0.2, -0.15) is 0 Å². The quantitative estimate of drug-likeness (QED) is 0.837. The van der Waals surface area contributed by atoms with Crippen molar-refractivity contribution in [1.82, 2.24) is 4.98 Å². The number of aliphatic carboxylic acids is 1. The third-order valence-electron chi connectivity index (χ3n) is 3.84. The van der Waals surface area contributed by atoms with Crippen LogP contribution in [0.2, 0.25) is 0 Å². The minimum Gasteiger partial charge on any atom is -0.478 e. The summed E-state index contributed by atoms with van der Waals surface area (Å²) in [6.45, 7) is 3.12. The van der Waals surface area contributed by atoms with Gasteiger partial charge in [0.2, 0.25) is 0 Å². The molecule has 0 aromatic carbocycles. The Morgan fingerprint density at radius 3 is 2.70 bits per heavy atom. The Balaban J connectivity index is 2.08. The maximum Gasteiger partial charge on any atom is 0.328 e. The lowest BCUT2D eigenvalue weighted by Crippen LogP contribution is -2.37. The molecule has 1 aliphatic carbocycles. The molecule has 0 aliphatic heterocycles. The molecule has 0 amide bonds. The van der Waals surface area contributed by atoms with Gasteiger partial charge in [-0.15, -0.1) is 0 Å². The fraction of sp³-hybridized carbons (Fsp3) is 0.500. The molecule has 20 heavy (non-hydrogen) atoms. The van der Waals surface area contributed by atoms with Gasteiger partial charge in [-0.3, -0.25) is 0 Å². The Kier molecular flexibility index (Phi) is 5.16. The van der Waals surface area contributed by atoms with Gasteiger partial charge < -0.3 is 10.0 Å². The fourth-order valence-corrected chi connectivity index (χ4v) is 2.83. The molecule has 1 saturated carbocycles. The van der Waals surface area contributed by atoms with Crippen LogP contribution in [0.5, 0.6) is 0 Å². The van der Waals surface area contributed by atoms with E-state index in [0.29, 0.717) is 6.04 Å². The number of aromatic nitrogens is 1. The van der Waals surface area contributed by atoms with Crippen molar-refractivity contribution in [3.63, 3.8) is 0 Å². The Morgan fingerprint density at radius 2 is 2.15 bits per heavy atom. The van der Waals surface area contributed by atoms with Crippen LogP contribution in [0.4, 0.5) is 5.82 Å². The Hall–Kier alpha value is -1.84. The number of hydrogen-bond acceptors (Lipinski definition) is 3. The minimum absolute atomic E-state index is 0.599. The van der Waals surface area contributed by atoms with Crippen LogP contribution in [0, 0.1) is 0 Å². The zero-order valence-electron chi connectivity index (χ0n) is 12.0. The molecule has 1 heterocycles. The largest absolute Gasteiger partial charge is 0.478 e. The lowest BCUT2D eigenvalue weighted by molar-refractivity contribution is -0.131. The zero-order valence-corrected chi connectivity index (χ0v) is 12.0. The first-order valence-corrected chi connectivity index (χ1v) is 7.34. The number of pyridine rings is 1. The van der Waals surface area contributed by atoms with Crippen molar-refractivity contribution >= 4 is 17.9 Å². The number of anilines is 1. The molecule has 0 spiro atoms. The molecule has 0 bridgehead atoms. The second-order valence-electron chi connectivity index (χ2n) is 5.20. The van der Waals surface area contributed by atoms with Crippen molar-refractivity contribution in [2.45, 2.75) is 45.1 Å². The highest BCUT2D eigenvalue weighted by Gasteiger charge is 2.20. The number of carboxylic acids is 1. The van der Waals surface area contributed by atoms with Crippen molar-refractivity contribution in [1.29, 1.82) is 0 Å². The number of carboxylic acid groups (broad SMARTS) is 1. The van der Waals surface area contributed by atoms with E-state index in [1.807, 2.05) is 12.1 Å². The maximum atomic E-state index is 10.5. The van der Waals surface area contributed by atoms with E-state index in [1.165, 1.54) is 32.1 Å². The number of hydrogen-bond donors (Lipinski definition) is 1. The first-order valence-electron chi connectivity index (χ1n) is 7.34. The summed E-state index contributed by atoms with van der Waals surface area (Å²) in [5, 5.41) is 8.61. The second kappa shape index (κ2) is 7.08. The van der Waals surface area contributed by atoms with E-state index in [2.05, 4.69) is 16.8 Å². The van der Waals surface area contributed by atoms with Gasteiger partial charge in [0.05, 0.1) is 0 Å². The fourth-order valence-electron chi connectivity index (χ4n) is 2.83. The lowest BCUT2D eigenvalue weighted by Gasteiger charge is -2.34. The van der Waals surface area contributed by atoms with Crippen molar-refractivity contribution in [3.05, 3.63) is 30.0 Å². The standard InChI is InChI=1S/C16H22N2O2/c1-2-18(14-6-4-3-5-7-14)15-10-8-13(12-17-15)9-11-16(19)20/h8-12,14H,2-7H2,1H3,(H,19,20)/b11-9+. The molecule has 0 radical (unpaired) electrons. The highest BCUT2D eigenvalue weighted by molar-refractivity contribution is 5.85. The molecule has 1 N–H and O–H groups in total. The molecule has 2 rings (SSSR count). The number of rotatable bonds is 5. The monoisotopic (exact) mass is 274 g/mol. The number of nitrogens with zero attached hydrogens (tertiary/aromatic N) is 2. The van der Waals surface area contributed by atoms with Crippen LogP contribution < -0.4 is 4.90 Å². The summed E-state index contributed by atoms with van der Waals surface area (Å²) in [6, 6.07) is 4.51. The van der Waals surface area contributed by atoms with E-state index in [1.54, 1.807) is 12.3 Å². The highest BCUT2D eigenvalue weighted by Crippen LogP contribution is 2.26. The van der Waals surface area contributed by atoms with Gasteiger partial charge in [0.1, 0.15) is 5.82 Å². The van der Waals surface area contributed by atoms with Crippen molar-refractivity contribution < 1.29 is 9.90 Å². The summed E-state index contributed by atoms with van der Waals surface area (Å²) >= 11 is 0. The molecule has 4 heteroatoms. The summed E-state index contributed by atoms with van der Waals surface area (Å²) in [4.78, 5) is 17.3.